The number of aromatic nitrogens is 3. The first-order valence-corrected chi connectivity index (χ1v) is 14.1. The van der Waals surface area contributed by atoms with Crippen molar-refractivity contribution in [3.63, 3.8) is 0 Å². The van der Waals surface area contributed by atoms with Crippen LogP contribution in [0, 0.1) is 0 Å². The van der Waals surface area contributed by atoms with Crippen molar-refractivity contribution >= 4 is 65.7 Å². The highest BCUT2D eigenvalue weighted by atomic mass is 16.3. The van der Waals surface area contributed by atoms with E-state index in [2.05, 4.69) is 21.3 Å². The molecule has 0 aliphatic rings. The first kappa shape index (κ1) is 23.7. The second kappa shape index (κ2) is 8.74. The molecule has 0 aliphatic carbocycles. The Kier molecular flexibility index (Phi) is 4.81. The fourth-order valence-electron chi connectivity index (χ4n) is 6.45. The maximum atomic E-state index is 13.3. The fourth-order valence-corrected chi connectivity index (χ4v) is 6.45. The van der Waals surface area contributed by atoms with Gasteiger partial charge in [0.25, 0.3) is 0 Å². The van der Waals surface area contributed by atoms with E-state index in [1.807, 2.05) is 109 Å². The third-order valence-corrected chi connectivity index (χ3v) is 8.37. The highest BCUT2D eigenvalue weighted by molar-refractivity contribution is 6.06. The van der Waals surface area contributed by atoms with Gasteiger partial charge in [0.2, 0.25) is 5.71 Å². The fraction of sp³-hybridized carbons (Fsp3) is 0. The SMILES string of the molecule is O=c1c2ccccc2n(-c2ccc3oc4ncc(-n5c6ccccc6c(=O)c6ccccc65)cc4c3c2)c2ccccc12. The lowest BCUT2D eigenvalue weighted by Crippen LogP contribution is -2.10. The zero-order chi connectivity index (χ0) is 28.7. The van der Waals surface area contributed by atoms with Crippen LogP contribution in [0.15, 0.2) is 142 Å². The summed E-state index contributed by atoms with van der Waals surface area (Å²) in [7, 11) is 0. The van der Waals surface area contributed by atoms with E-state index in [0.29, 0.717) is 32.8 Å². The van der Waals surface area contributed by atoms with Crippen LogP contribution >= 0.6 is 0 Å². The van der Waals surface area contributed by atoms with Gasteiger partial charge in [0.05, 0.1) is 39.3 Å². The minimum absolute atomic E-state index is 0.00969. The highest BCUT2D eigenvalue weighted by Gasteiger charge is 2.17. The minimum Gasteiger partial charge on any atom is -0.438 e. The molecule has 0 aliphatic heterocycles. The zero-order valence-electron chi connectivity index (χ0n) is 22.7. The number of pyridine rings is 3. The van der Waals surface area contributed by atoms with E-state index in [4.69, 9.17) is 9.40 Å². The van der Waals surface area contributed by atoms with Gasteiger partial charge in [-0.3, -0.25) is 9.59 Å². The van der Waals surface area contributed by atoms with Crippen molar-refractivity contribution in [2.45, 2.75) is 0 Å². The summed E-state index contributed by atoms with van der Waals surface area (Å²) in [5, 5.41) is 4.40. The molecule has 4 aromatic heterocycles. The maximum Gasteiger partial charge on any atom is 0.227 e. The van der Waals surface area contributed by atoms with Crippen LogP contribution in [0.1, 0.15) is 0 Å². The Hall–Kier alpha value is -6.01. The molecular weight excluding hydrogens is 534 g/mol. The average Bonchev–Trinajstić information content (AvgIpc) is 3.43. The Morgan fingerprint density at radius 2 is 0.907 bits per heavy atom. The molecule has 0 bridgehead atoms. The molecular formula is C37H21N3O3. The standard InChI is InChI=1S/C37H21N3O3/c41-35-24-9-1-5-13-30(24)39(31-14-6-2-10-25(31)35)22-17-18-34-28(19-22)29-20-23(21-38-37(29)43-34)40-32-15-7-3-11-26(32)36(42)27-12-4-8-16-33(27)40/h1-21H. The lowest BCUT2D eigenvalue weighted by molar-refractivity contribution is 0.654. The summed E-state index contributed by atoms with van der Waals surface area (Å²) < 4.78 is 10.4. The van der Waals surface area contributed by atoms with Gasteiger partial charge in [-0.15, -0.1) is 0 Å². The van der Waals surface area contributed by atoms with Crippen molar-refractivity contribution in [1.29, 1.82) is 0 Å². The quantitative estimate of drug-likeness (QED) is 0.203. The highest BCUT2D eigenvalue weighted by Crippen LogP contribution is 2.34. The van der Waals surface area contributed by atoms with Gasteiger partial charge < -0.3 is 13.6 Å². The summed E-state index contributed by atoms with van der Waals surface area (Å²) >= 11 is 0. The molecule has 0 atom stereocenters. The third kappa shape index (κ3) is 3.32. The number of fused-ring (bicyclic) bond motifs is 7. The number of para-hydroxylation sites is 4. The van der Waals surface area contributed by atoms with Crippen molar-refractivity contribution in [1.82, 2.24) is 14.1 Å². The van der Waals surface area contributed by atoms with Gasteiger partial charge in [-0.25, -0.2) is 4.98 Å². The van der Waals surface area contributed by atoms with Gasteiger partial charge in [-0.1, -0.05) is 48.5 Å². The molecule has 6 nitrogen and oxygen atoms in total. The summed E-state index contributed by atoms with van der Waals surface area (Å²) in [6.45, 7) is 0. The Bertz CT molecular complexity index is 2430. The molecule has 43 heavy (non-hydrogen) atoms. The zero-order valence-corrected chi connectivity index (χ0v) is 22.7. The van der Waals surface area contributed by atoms with Gasteiger partial charge in [-0.05, 0) is 72.8 Å². The van der Waals surface area contributed by atoms with Crippen molar-refractivity contribution in [3.8, 4) is 11.4 Å². The molecule has 4 heterocycles. The molecule has 5 aromatic carbocycles. The predicted molar refractivity (Wildman–Crippen MR) is 173 cm³/mol. The van der Waals surface area contributed by atoms with Crippen molar-refractivity contribution in [3.05, 3.63) is 148 Å². The summed E-state index contributed by atoms with van der Waals surface area (Å²) in [6, 6.07) is 38.9. The molecule has 0 amide bonds. The molecule has 6 heteroatoms. The molecule has 9 aromatic rings. The minimum atomic E-state index is 0.00969. The molecule has 0 N–H and O–H groups in total. The number of hydrogen-bond donors (Lipinski definition) is 0. The summed E-state index contributed by atoms with van der Waals surface area (Å²) in [5.41, 5.74) is 6.31. The molecule has 202 valence electrons. The van der Waals surface area contributed by atoms with Crippen molar-refractivity contribution < 1.29 is 4.42 Å². The van der Waals surface area contributed by atoms with Gasteiger partial charge in [0.15, 0.2) is 10.9 Å². The van der Waals surface area contributed by atoms with E-state index in [9.17, 15) is 9.59 Å². The third-order valence-electron chi connectivity index (χ3n) is 8.37. The molecule has 0 radical (unpaired) electrons. The van der Waals surface area contributed by atoms with E-state index in [-0.39, 0.29) is 10.9 Å². The Morgan fingerprint density at radius 3 is 1.42 bits per heavy atom. The Balaban J connectivity index is 1.35. The van der Waals surface area contributed by atoms with E-state index >= 15 is 0 Å². The number of benzene rings is 5. The first-order chi connectivity index (χ1) is 21.2. The van der Waals surface area contributed by atoms with Crippen LogP contribution in [0.5, 0.6) is 0 Å². The second-order valence-electron chi connectivity index (χ2n) is 10.7. The van der Waals surface area contributed by atoms with Gasteiger partial charge in [-0.2, -0.15) is 0 Å². The molecule has 0 fully saturated rings. The van der Waals surface area contributed by atoms with Crippen LogP contribution in [-0.4, -0.2) is 14.1 Å². The summed E-state index contributed by atoms with van der Waals surface area (Å²) in [4.78, 5) is 31.4. The topological polar surface area (TPSA) is 70.0 Å². The lowest BCUT2D eigenvalue weighted by atomic mass is 10.1. The second-order valence-corrected chi connectivity index (χ2v) is 10.7. The van der Waals surface area contributed by atoms with E-state index in [1.165, 1.54) is 0 Å². The molecule has 0 spiro atoms. The normalized spacial score (nSPS) is 11.9. The average molecular weight is 556 g/mol. The van der Waals surface area contributed by atoms with Gasteiger partial charge in [0.1, 0.15) is 5.58 Å². The van der Waals surface area contributed by atoms with E-state index in [0.717, 1.165) is 44.2 Å². The molecule has 9 rings (SSSR count). The monoisotopic (exact) mass is 555 g/mol. The van der Waals surface area contributed by atoms with Gasteiger partial charge in [0, 0.05) is 32.6 Å². The summed E-state index contributed by atoms with van der Waals surface area (Å²) in [6.07, 6.45) is 1.79. The van der Waals surface area contributed by atoms with Crippen LogP contribution in [0.4, 0.5) is 0 Å². The van der Waals surface area contributed by atoms with Crippen LogP contribution in [0.25, 0.3) is 77.1 Å². The van der Waals surface area contributed by atoms with Crippen molar-refractivity contribution in [2.24, 2.45) is 0 Å². The van der Waals surface area contributed by atoms with Crippen LogP contribution in [0.2, 0.25) is 0 Å². The van der Waals surface area contributed by atoms with Gasteiger partial charge >= 0.3 is 0 Å². The molecule has 0 saturated heterocycles. The Morgan fingerprint density at radius 1 is 0.465 bits per heavy atom. The van der Waals surface area contributed by atoms with Crippen LogP contribution in [0.3, 0.4) is 0 Å². The Labute approximate surface area is 243 Å². The maximum absolute atomic E-state index is 13.3. The lowest BCUT2D eigenvalue weighted by Gasteiger charge is -2.15. The van der Waals surface area contributed by atoms with E-state index in [1.54, 1.807) is 6.20 Å². The first-order valence-electron chi connectivity index (χ1n) is 14.1. The predicted octanol–water partition coefficient (Wildman–Crippen LogP) is 7.90. The number of furan rings is 1. The summed E-state index contributed by atoms with van der Waals surface area (Å²) in [5.74, 6) is 0. The number of rotatable bonds is 2. The van der Waals surface area contributed by atoms with E-state index < -0.39 is 0 Å². The largest absolute Gasteiger partial charge is 0.438 e. The van der Waals surface area contributed by atoms with Crippen molar-refractivity contribution in [2.75, 3.05) is 0 Å². The molecule has 0 saturated carbocycles. The van der Waals surface area contributed by atoms with Crippen LogP contribution in [-0.2, 0) is 0 Å². The van der Waals surface area contributed by atoms with Crippen LogP contribution < -0.4 is 10.9 Å². The number of nitrogens with zero attached hydrogens (tertiary/aromatic N) is 3. The molecule has 0 unspecified atom stereocenters. The number of hydrogen-bond acceptors (Lipinski definition) is 4. The smallest absolute Gasteiger partial charge is 0.227 e.